The zero-order chi connectivity index (χ0) is 24.0. The molecule has 3 aromatic rings. The van der Waals surface area contributed by atoms with Crippen LogP contribution >= 0.6 is 23.4 Å². The number of nitrogens with one attached hydrogen (secondary N) is 1. The van der Waals surface area contributed by atoms with Crippen LogP contribution in [-0.2, 0) is 15.7 Å². The summed E-state index contributed by atoms with van der Waals surface area (Å²) >= 11 is 6.61. The van der Waals surface area contributed by atoms with Crippen LogP contribution in [0.15, 0.2) is 59.8 Å². The lowest BCUT2D eigenvalue weighted by molar-refractivity contribution is -0.141. The Hall–Kier alpha value is -3.11. The van der Waals surface area contributed by atoms with Gasteiger partial charge in [-0.1, -0.05) is 35.5 Å². The van der Waals surface area contributed by atoms with Gasteiger partial charge in [0.25, 0.3) is 0 Å². The number of alkyl halides is 3. The first-order valence-corrected chi connectivity index (χ1v) is 10.9. The van der Waals surface area contributed by atoms with E-state index in [1.807, 2.05) is 0 Å². The van der Waals surface area contributed by atoms with Crippen LogP contribution in [0.3, 0.4) is 0 Å². The number of rotatable bonds is 7. The summed E-state index contributed by atoms with van der Waals surface area (Å²) in [6, 6.07) is 13.1. The highest BCUT2D eigenvalue weighted by Gasteiger charge is 2.34. The quantitative estimate of drug-likeness (QED) is 0.256. The molecule has 0 spiro atoms. The maximum Gasteiger partial charge on any atom is 0.433 e. The monoisotopic (exact) mass is 495 g/mol. The Morgan fingerprint density at radius 2 is 1.73 bits per heavy atom. The van der Waals surface area contributed by atoms with Crippen molar-refractivity contribution >= 4 is 40.9 Å². The predicted molar refractivity (Wildman–Crippen MR) is 119 cm³/mol. The lowest BCUT2D eigenvalue weighted by Gasteiger charge is -2.11. The van der Waals surface area contributed by atoms with E-state index in [4.69, 9.17) is 16.3 Å². The smallest absolute Gasteiger partial charge is 0.433 e. The molecule has 1 aromatic heterocycles. The van der Waals surface area contributed by atoms with Crippen LogP contribution in [0.4, 0.5) is 18.9 Å². The normalized spacial score (nSPS) is 11.2. The maximum absolute atomic E-state index is 13.3. The fraction of sp³-hybridized carbons (Fsp3) is 0.182. The average molecular weight is 496 g/mol. The Morgan fingerprint density at radius 1 is 1.06 bits per heavy atom. The van der Waals surface area contributed by atoms with E-state index in [-0.39, 0.29) is 23.2 Å². The van der Waals surface area contributed by atoms with Crippen molar-refractivity contribution in [3.05, 3.63) is 70.9 Å². The Balaban J connectivity index is 1.71. The lowest BCUT2D eigenvalue weighted by Crippen LogP contribution is -2.15. The van der Waals surface area contributed by atoms with E-state index in [2.05, 4.69) is 15.3 Å². The second-order valence-corrected chi connectivity index (χ2v) is 7.94. The average Bonchev–Trinajstić information content (AvgIpc) is 2.78. The summed E-state index contributed by atoms with van der Waals surface area (Å²) in [7, 11) is 0. The molecule has 172 valence electrons. The number of carbonyl (C=O) groups excluding carboxylic acids is 2. The van der Waals surface area contributed by atoms with Crippen LogP contribution in [0, 0.1) is 0 Å². The topological polar surface area (TPSA) is 81.2 Å². The van der Waals surface area contributed by atoms with Crippen LogP contribution in [0.2, 0.25) is 5.02 Å². The number of anilines is 1. The second kappa shape index (κ2) is 10.7. The minimum atomic E-state index is -4.68. The number of nitrogens with zero attached hydrogens (tertiary/aromatic N) is 2. The molecule has 33 heavy (non-hydrogen) atoms. The van der Waals surface area contributed by atoms with Gasteiger partial charge in [0.05, 0.1) is 23.6 Å². The molecular formula is C22H17ClF3N3O3S. The largest absolute Gasteiger partial charge is 0.462 e. The number of hydrogen-bond acceptors (Lipinski definition) is 6. The van der Waals surface area contributed by atoms with Gasteiger partial charge in [-0.25, -0.2) is 14.8 Å². The van der Waals surface area contributed by atoms with Gasteiger partial charge in [0, 0.05) is 16.3 Å². The zero-order valence-electron chi connectivity index (χ0n) is 17.1. The standard InChI is InChI=1S/C22H17ClF3N3O3S/c1-2-32-20(31)14-5-9-16(10-6-14)27-19(30)12-33-21-28-17(11-18(29-21)22(24,25)26)13-3-7-15(23)8-4-13/h3-11H,2,12H2,1H3,(H,27,30). The molecule has 0 aliphatic rings. The highest BCUT2D eigenvalue weighted by atomic mass is 35.5. The van der Waals surface area contributed by atoms with E-state index < -0.39 is 23.7 Å². The first kappa shape index (κ1) is 24.5. The Labute approximate surface area is 196 Å². The van der Waals surface area contributed by atoms with Crippen molar-refractivity contribution in [2.45, 2.75) is 18.3 Å². The van der Waals surface area contributed by atoms with Gasteiger partial charge in [0.1, 0.15) is 5.69 Å². The molecule has 0 aliphatic carbocycles. The van der Waals surface area contributed by atoms with E-state index in [0.29, 0.717) is 21.8 Å². The predicted octanol–water partition coefficient (Wildman–Crippen LogP) is 5.72. The lowest BCUT2D eigenvalue weighted by atomic mass is 10.1. The molecule has 1 amide bonds. The van der Waals surface area contributed by atoms with Crippen molar-refractivity contribution in [2.75, 3.05) is 17.7 Å². The molecule has 0 unspecified atom stereocenters. The van der Waals surface area contributed by atoms with Crippen molar-refractivity contribution in [1.29, 1.82) is 0 Å². The molecule has 6 nitrogen and oxygen atoms in total. The Morgan fingerprint density at radius 3 is 2.33 bits per heavy atom. The summed E-state index contributed by atoms with van der Waals surface area (Å²) < 4.78 is 44.8. The molecule has 0 radical (unpaired) electrons. The Kier molecular flexibility index (Phi) is 7.93. The maximum atomic E-state index is 13.3. The number of carbonyl (C=O) groups is 2. The van der Waals surface area contributed by atoms with E-state index in [9.17, 15) is 22.8 Å². The van der Waals surface area contributed by atoms with Crippen LogP contribution in [0.25, 0.3) is 11.3 Å². The SMILES string of the molecule is CCOC(=O)c1ccc(NC(=O)CSc2nc(-c3ccc(Cl)cc3)cc(C(F)(F)F)n2)cc1. The van der Waals surface area contributed by atoms with Crippen LogP contribution in [-0.4, -0.2) is 34.2 Å². The summed E-state index contributed by atoms with van der Waals surface area (Å²) in [4.78, 5) is 31.6. The van der Waals surface area contributed by atoms with Gasteiger partial charge in [-0.2, -0.15) is 13.2 Å². The van der Waals surface area contributed by atoms with E-state index in [0.717, 1.165) is 17.8 Å². The van der Waals surface area contributed by atoms with Gasteiger partial charge in [-0.3, -0.25) is 4.79 Å². The molecule has 2 aromatic carbocycles. The fourth-order valence-corrected chi connectivity index (χ4v) is 3.42. The third-order valence-corrected chi connectivity index (χ3v) is 5.25. The third kappa shape index (κ3) is 6.93. The van der Waals surface area contributed by atoms with Crippen molar-refractivity contribution < 1.29 is 27.5 Å². The van der Waals surface area contributed by atoms with Gasteiger partial charge >= 0.3 is 12.1 Å². The van der Waals surface area contributed by atoms with Crippen molar-refractivity contribution in [1.82, 2.24) is 9.97 Å². The summed E-state index contributed by atoms with van der Waals surface area (Å²) in [5.41, 5.74) is 0.128. The number of hydrogen-bond donors (Lipinski definition) is 1. The summed E-state index contributed by atoms with van der Waals surface area (Å²) in [6.45, 7) is 1.93. The number of halogens is 4. The molecular weight excluding hydrogens is 479 g/mol. The van der Waals surface area contributed by atoms with Crippen LogP contribution in [0.5, 0.6) is 0 Å². The van der Waals surface area contributed by atoms with E-state index in [1.54, 1.807) is 31.2 Å². The molecule has 0 atom stereocenters. The molecule has 0 fully saturated rings. The zero-order valence-corrected chi connectivity index (χ0v) is 18.7. The summed E-state index contributed by atoms with van der Waals surface area (Å²) in [6.07, 6.45) is -4.68. The van der Waals surface area contributed by atoms with Gasteiger partial charge in [0.15, 0.2) is 5.16 Å². The summed E-state index contributed by atoms with van der Waals surface area (Å²) in [5, 5.41) is 2.85. The van der Waals surface area contributed by atoms with Crippen molar-refractivity contribution in [3.63, 3.8) is 0 Å². The van der Waals surface area contributed by atoms with Crippen molar-refractivity contribution in [2.24, 2.45) is 0 Å². The number of ether oxygens (including phenoxy) is 1. The van der Waals surface area contributed by atoms with Gasteiger partial charge in [-0.15, -0.1) is 0 Å². The summed E-state index contributed by atoms with van der Waals surface area (Å²) in [5.74, 6) is -1.18. The van der Waals surface area contributed by atoms with Gasteiger partial charge in [0.2, 0.25) is 5.91 Å². The third-order valence-electron chi connectivity index (χ3n) is 4.15. The highest BCUT2D eigenvalue weighted by molar-refractivity contribution is 7.99. The molecule has 11 heteroatoms. The molecule has 0 bridgehead atoms. The second-order valence-electron chi connectivity index (χ2n) is 6.56. The Bertz CT molecular complexity index is 1140. The van der Waals surface area contributed by atoms with Gasteiger partial charge < -0.3 is 10.1 Å². The molecule has 0 aliphatic heterocycles. The van der Waals surface area contributed by atoms with E-state index in [1.165, 1.54) is 24.3 Å². The van der Waals surface area contributed by atoms with Crippen LogP contribution < -0.4 is 5.32 Å². The molecule has 3 rings (SSSR count). The number of benzene rings is 2. The first-order chi connectivity index (χ1) is 15.7. The number of amides is 1. The fourth-order valence-electron chi connectivity index (χ4n) is 2.63. The van der Waals surface area contributed by atoms with E-state index >= 15 is 0 Å². The minimum Gasteiger partial charge on any atom is -0.462 e. The first-order valence-electron chi connectivity index (χ1n) is 9.57. The van der Waals surface area contributed by atoms with Crippen molar-refractivity contribution in [3.8, 4) is 11.3 Å². The molecule has 0 saturated carbocycles. The van der Waals surface area contributed by atoms with Crippen LogP contribution in [0.1, 0.15) is 23.0 Å². The molecule has 1 heterocycles. The number of aromatic nitrogens is 2. The molecule has 1 N–H and O–H groups in total. The van der Waals surface area contributed by atoms with Gasteiger partial charge in [-0.05, 0) is 49.4 Å². The number of thioether (sulfide) groups is 1. The molecule has 0 saturated heterocycles. The highest BCUT2D eigenvalue weighted by Crippen LogP contribution is 2.32. The minimum absolute atomic E-state index is 0.0615. The number of esters is 1.